The third-order valence-corrected chi connectivity index (χ3v) is 3.60. The molecule has 0 aliphatic carbocycles. The molecule has 1 aromatic heterocycles. The Morgan fingerprint density at radius 1 is 1.26 bits per heavy atom. The minimum atomic E-state index is 0.0613. The van der Waals surface area contributed by atoms with Crippen molar-refractivity contribution in [3.05, 3.63) is 30.5 Å². The molecule has 0 bridgehead atoms. The molecule has 3 rings (SSSR count). The molecule has 5 heteroatoms. The Morgan fingerprint density at radius 2 is 2.00 bits per heavy atom. The first-order valence-electron chi connectivity index (χ1n) is 6.57. The first-order valence-corrected chi connectivity index (χ1v) is 6.57. The van der Waals surface area contributed by atoms with E-state index in [4.69, 9.17) is 0 Å². The molecule has 1 aliphatic heterocycles. The number of aromatic nitrogens is 1. The molecule has 0 saturated carbocycles. The molecule has 19 heavy (non-hydrogen) atoms. The van der Waals surface area contributed by atoms with E-state index in [-0.39, 0.29) is 6.03 Å². The van der Waals surface area contributed by atoms with Gasteiger partial charge in [-0.05, 0) is 6.07 Å². The Balaban J connectivity index is 1.86. The van der Waals surface area contributed by atoms with Crippen molar-refractivity contribution in [2.24, 2.45) is 0 Å². The fourth-order valence-electron chi connectivity index (χ4n) is 2.50. The van der Waals surface area contributed by atoms with E-state index in [1.807, 2.05) is 42.4 Å². The topological polar surface area (TPSA) is 51.4 Å². The molecule has 1 saturated heterocycles. The number of carbonyl (C=O) groups excluding carboxylic acids is 1. The highest BCUT2D eigenvalue weighted by Gasteiger charge is 2.22. The lowest BCUT2D eigenvalue weighted by molar-refractivity contribution is 0.198. The zero-order valence-electron chi connectivity index (χ0n) is 11.0. The summed E-state index contributed by atoms with van der Waals surface area (Å²) in [6, 6.07) is 8.08. The van der Waals surface area contributed by atoms with Crippen molar-refractivity contribution in [1.82, 2.24) is 15.2 Å². The zero-order valence-corrected chi connectivity index (χ0v) is 11.0. The van der Waals surface area contributed by atoms with Gasteiger partial charge in [0, 0.05) is 50.3 Å². The normalized spacial score (nSPS) is 15.7. The molecule has 0 radical (unpaired) electrons. The Kier molecular flexibility index (Phi) is 3.13. The summed E-state index contributed by atoms with van der Waals surface area (Å²) < 4.78 is 0. The number of H-pyrrole nitrogens is 1. The second-order valence-electron chi connectivity index (χ2n) is 4.80. The summed E-state index contributed by atoms with van der Waals surface area (Å²) in [5.74, 6) is 0. The van der Waals surface area contributed by atoms with E-state index in [9.17, 15) is 4.79 Å². The number of piperazine rings is 1. The van der Waals surface area contributed by atoms with Gasteiger partial charge in [0.2, 0.25) is 0 Å². The molecule has 0 unspecified atom stereocenters. The van der Waals surface area contributed by atoms with Gasteiger partial charge < -0.3 is 15.2 Å². The number of nitrogens with one attached hydrogen (secondary N) is 2. The molecule has 100 valence electrons. The van der Waals surface area contributed by atoms with E-state index in [0.717, 1.165) is 42.8 Å². The van der Waals surface area contributed by atoms with Gasteiger partial charge in [0.1, 0.15) is 0 Å². The van der Waals surface area contributed by atoms with Crippen LogP contribution in [0.1, 0.15) is 0 Å². The molecule has 0 atom stereocenters. The lowest BCUT2D eigenvalue weighted by atomic mass is 10.2. The number of aromatic amines is 1. The van der Waals surface area contributed by atoms with Gasteiger partial charge in [0.25, 0.3) is 0 Å². The summed E-state index contributed by atoms with van der Waals surface area (Å²) in [5, 5.41) is 4.33. The van der Waals surface area contributed by atoms with Crippen LogP contribution in [0.15, 0.2) is 30.5 Å². The van der Waals surface area contributed by atoms with Gasteiger partial charge in [-0.1, -0.05) is 18.2 Å². The molecule has 2 aromatic rings. The van der Waals surface area contributed by atoms with Gasteiger partial charge in [-0.2, -0.15) is 0 Å². The number of anilines is 1. The van der Waals surface area contributed by atoms with E-state index < -0.39 is 0 Å². The number of fused-ring (bicyclic) bond motifs is 1. The molecule has 1 aliphatic rings. The number of hydrogen-bond donors (Lipinski definition) is 2. The van der Waals surface area contributed by atoms with E-state index in [1.165, 1.54) is 0 Å². The molecule has 2 heterocycles. The van der Waals surface area contributed by atoms with Crippen LogP contribution in [0.5, 0.6) is 0 Å². The Morgan fingerprint density at radius 3 is 2.79 bits per heavy atom. The van der Waals surface area contributed by atoms with Gasteiger partial charge >= 0.3 is 6.03 Å². The molecule has 5 nitrogen and oxygen atoms in total. The third kappa shape index (κ3) is 2.17. The van der Waals surface area contributed by atoms with Crippen molar-refractivity contribution < 1.29 is 4.79 Å². The van der Waals surface area contributed by atoms with Crippen molar-refractivity contribution in [2.75, 3.05) is 38.1 Å². The maximum atomic E-state index is 12.5. The van der Waals surface area contributed by atoms with Crippen LogP contribution < -0.4 is 10.2 Å². The van der Waals surface area contributed by atoms with E-state index in [0.29, 0.717) is 0 Å². The predicted octanol–water partition coefficient (Wildman–Crippen LogP) is 1.63. The first-order chi connectivity index (χ1) is 9.27. The standard InChI is InChI=1S/C14H18N4O/c1-17(14(19)18-8-6-15-7-9-18)13-10-16-12-5-3-2-4-11(12)13/h2-5,10,15-16H,6-9H2,1H3. The highest BCUT2D eigenvalue weighted by atomic mass is 16.2. The maximum Gasteiger partial charge on any atom is 0.324 e. The molecule has 2 N–H and O–H groups in total. The predicted molar refractivity (Wildman–Crippen MR) is 76.5 cm³/mol. The number of amides is 2. The average molecular weight is 258 g/mol. The van der Waals surface area contributed by atoms with Gasteiger partial charge in [0.15, 0.2) is 0 Å². The summed E-state index contributed by atoms with van der Waals surface area (Å²) in [6.07, 6.45) is 1.89. The molecule has 1 fully saturated rings. The fourth-order valence-corrected chi connectivity index (χ4v) is 2.50. The van der Waals surface area contributed by atoms with Crippen LogP contribution in [0.4, 0.5) is 10.5 Å². The van der Waals surface area contributed by atoms with E-state index >= 15 is 0 Å². The van der Waals surface area contributed by atoms with Gasteiger partial charge in [-0.25, -0.2) is 4.79 Å². The number of nitrogens with zero attached hydrogens (tertiary/aromatic N) is 2. The quantitative estimate of drug-likeness (QED) is 0.817. The first kappa shape index (κ1) is 12.0. The fraction of sp³-hybridized carbons (Fsp3) is 0.357. The van der Waals surface area contributed by atoms with Crippen LogP contribution in [0, 0.1) is 0 Å². The van der Waals surface area contributed by atoms with Gasteiger partial charge in [0.05, 0.1) is 5.69 Å². The average Bonchev–Trinajstić information content (AvgIpc) is 2.90. The second kappa shape index (κ2) is 4.93. The van der Waals surface area contributed by atoms with Crippen molar-refractivity contribution in [2.45, 2.75) is 0 Å². The van der Waals surface area contributed by atoms with Crippen LogP contribution in [-0.4, -0.2) is 49.1 Å². The summed E-state index contributed by atoms with van der Waals surface area (Å²) in [4.78, 5) is 19.3. The van der Waals surface area contributed by atoms with Crippen LogP contribution in [0.2, 0.25) is 0 Å². The number of hydrogen-bond acceptors (Lipinski definition) is 2. The highest BCUT2D eigenvalue weighted by Crippen LogP contribution is 2.26. The molecule has 1 aromatic carbocycles. The van der Waals surface area contributed by atoms with E-state index in [2.05, 4.69) is 10.3 Å². The number of benzene rings is 1. The molecule has 0 spiro atoms. The number of urea groups is 1. The Hall–Kier alpha value is -2.01. The number of para-hydroxylation sites is 1. The smallest absolute Gasteiger partial charge is 0.324 e. The molecular weight excluding hydrogens is 240 g/mol. The third-order valence-electron chi connectivity index (χ3n) is 3.60. The van der Waals surface area contributed by atoms with Crippen molar-refractivity contribution in [3.63, 3.8) is 0 Å². The number of carbonyl (C=O) groups is 1. The summed E-state index contributed by atoms with van der Waals surface area (Å²) >= 11 is 0. The van der Waals surface area contributed by atoms with Gasteiger partial charge in [-0.15, -0.1) is 0 Å². The lowest BCUT2D eigenvalue weighted by Crippen LogP contribution is -2.50. The highest BCUT2D eigenvalue weighted by molar-refractivity contribution is 6.02. The monoisotopic (exact) mass is 258 g/mol. The molecular formula is C14H18N4O. The van der Waals surface area contributed by atoms with Crippen molar-refractivity contribution >= 4 is 22.6 Å². The van der Waals surface area contributed by atoms with Gasteiger partial charge in [-0.3, -0.25) is 4.90 Å². The van der Waals surface area contributed by atoms with Crippen molar-refractivity contribution in [3.8, 4) is 0 Å². The largest absolute Gasteiger partial charge is 0.359 e. The number of rotatable bonds is 1. The minimum absolute atomic E-state index is 0.0613. The zero-order chi connectivity index (χ0) is 13.2. The van der Waals surface area contributed by atoms with Crippen molar-refractivity contribution in [1.29, 1.82) is 0 Å². The van der Waals surface area contributed by atoms with Crippen LogP contribution in [0.25, 0.3) is 10.9 Å². The summed E-state index contributed by atoms with van der Waals surface area (Å²) in [6.45, 7) is 3.28. The van der Waals surface area contributed by atoms with Crippen LogP contribution >= 0.6 is 0 Å². The van der Waals surface area contributed by atoms with Crippen LogP contribution in [0.3, 0.4) is 0 Å². The van der Waals surface area contributed by atoms with E-state index in [1.54, 1.807) is 4.90 Å². The SMILES string of the molecule is CN(C(=O)N1CCNCC1)c1c[nH]c2ccccc12. The van der Waals surface area contributed by atoms with Crippen LogP contribution in [-0.2, 0) is 0 Å². The second-order valence-corrected chi connectivity index (χ2v) is 4.80. The summed E-state index contributed by atoms with van der Waals surface area (Å²) in [7, 11) is 1.83. The lowest BCUT2D eigenvalue weighted by Gasteiger charge is -2.31. The summed E-state index contributed by atoms with van der Waals surface area (Å²) in [5.41, 5.74) is 1.98. The minimum Gasteiger partial charge on any atom is -0.359 e. The maximum absolute atomic E-state index is 12.5. The Labute approximate surface area is 112 Å². The Bertz CT molecular complexity index is 586. The molecule has 2 amide bonds.